The predicted octanol–water partition coefficient (Wildman–Crippen LogP) is 3.07. The fourth-order valence-electron chi connectivity index (χ4n) is 2.96. The van der Waals surface area contributed by atoms with Gasteiger partial charge in [0.05, 0.1) is 17.8 Å². The number of hydrogen-bond donors (Lipinski definition) is 1. The molecule has 0 unspecified atom stereocenters. The smallest absolute Gasteiger partial charge is 0.169 e. The third-order valence-corrected chi connectivity index (χ3v) is 4.42. The second kappa shape index (κ2) is 5.48. The van der Waals surface area contributed by atoms with Crippen molar-refractivity contribution in [3.8, 4) is 0 Å². The van der Waals surface area contributed by atoms with E-state index in [2.05, 4.69) is 58.0 Å². The zero-order valence-electron chi connectivity index (χ0n) is 12.5. The van der Waals surface area contributed by atoms with Crippen molar-refractivity contribution in [2.75, 3.05) is 7.05 Å². The summed E-state index contributed by atoms with van der Waals surface area (Å²) < 4.78 is 2.30. The lowest BCUT2D eigenvalue weighted by molar-refractivity contribution is 0.343. The summed E-state index contributed by atoms with van der Waals surface area (Å²) >= 11 is 5.46. The molecule has 0 spiro atoms. The first-order valence-electron chi connectivity index (χ1n) is 7.20. The number of thiocarbonyl (C=S) groups is 1. The standard InChI is InChI=1S/C16H20N4S/c1-11(2)20-10-6-8-13(20)15-14(18-16(21)19(15)3)12-7-4-5-9-17-12/h4-11,14-15H,1-3H3,(H,18,21)/t14-,15+/m0/s1. The van der Waals surface area contributed by atoms with Crippen LogP contribution in [0.4, 0.5) is 0 Å². The molecular formula is C16H20N4S. The SMILES string of the molecule is CC(C)n1cccc1[C@@H]1[C@H](c2ccccn2)NC(=S)N1C. The molecule has 5 heteroatoms. The van der Waals surface area contributed by atoms with Crippen LogP contribution in [0.2, 0.25) is 0 Å². The van der Waals surface area contributed by atoms with Gasteiger partial charge in [-0.3, -0.25) is 4.98 Å². The molecular weight excluding hydrogens is 280 g/mol. The van der Waals surface area contributed by atoms with Crippen molar-refractivity contribution in [1.82, 2.24) is 19.8 Å². The molecule has 2 atom stereocenters. The van der Waals surface area contributed by atoms with Gasteiger partial charge in [0.1, 0.15) is 0 Å². The number of pyridine rings is 1. The van der Waals surface area contributed by atoms with Crippen LogP contribution in [0.5, 0.6) is 0 Å². The predicted molar refractivity (Wildman–Crippen MR) is 88.0 cm³/mol. The summed E-state index contributed by atoms with van der Waals surface area (Å²) in [6.07, 6.45) is 3.96. The Morgan fingerprint density at radius 3 is 2.71 bits per heavy atom. The third kappa shape index (κ3) is 2.42. The lowest BCUT2D eigenvalue weighted by Crippen LogP contribution is -2.26. The number of rotatable bonds is 3. The van der Waals surface area contributed by atoms with Crippen LogP contribution in [0.25, 0.3) is 0 Å². The van der Waals surface area contributed by atoms with Gasteiger partial charge >= 0.3 is 0 Å². The zero-order chi connectivity index (χ0) is 15.0. The molecule has 1 aliphatic rings. The first-order chi connectivity index (χ1) is 10.1. The monoisotopic (exact) mass is 300 g/mol. The summed E-state index contributed by atoms with van der Waals surface area (Å²) in [7, 11) is 2.04. The van der Waals surface area contributed by atoms with Gasteiger partial charge in [-0.1, -0.05) is 6.07 Å². The van der Waals surface area contributed by atoms with Crippen LogP contribution in [-0.4, -0.2) is 26.6 Å². The number of likely N-dealkylation sites (N-methyl/N-ethyl adjacent to an activating group) is 1. The highest BCUT2D eigenvalue weighted by atomic mass is 32.1. The van der Waals surface area contributed by atoms with Crippen molar-refractivity contribution >= 4 is 17.3 Å². The molecule has 0 aromatic carbocycles. The van der Waals surface area contributed by atoms with E-state index in [-0.39, 0.29) is 12.1 Å². The molecule has 1 aliphatic heterocycles. The quantitative estimate of drug-likeness (QED) is 0.883. The van der Waals surface area contributed by atoms with E-state index in [1.165, 1.54) is 5.69 Å². The Morgan fingerprint density at radius 2 is 2.05 bits per heavy atom. The fourth-order valence-corrected chi connectivity index (χ4v) is 3.20. The highest BCUT2D eigenvalue weighted by Gasteiger charge is 2.39. The summed E-state index contributed by atoms with van der Waals surface area (Å²) in [5.74, 6) is 0. The molecule has 21 heavy (non-hydrogen) atoms. The van der Waals surface area contributed by atoms with Gasteiger partial charge in [-0.2, -0.15) is 0 Å². The Bertz CT molecular complexity index is 635. The van der Waals surface area contributed by atoms with E-state index in [9.17, 15) is 0 Å². The van der Waals surface area contributed by atoms with Gasteiger partial charge in [-0.05, 0) is 50.3 Å². The van der Waals surface area contributed by atoms with Gasteiger partial charge in [0.25, 0.3) is 0 Å². The maximum absolute atomic E-state index is 5.46. The summed E-state index contributed by atoms with van der Waals surface area (Å²) in [5, 5.41) is 4.18. The minimum Gasteiger partial charge on any atom is -0.352 e. The van der Waals surface area contributed by atoms with E-state index in [1.54, 1.807) is 0 Å². The maximum Gasteiger partial charge on any atom is 0.169 e. The summed E-state index contributed by atoms with van der Waals surface area (Å²) in [4.78, 5) is 6.63. The molecule has 0 radical (unpaired) electrons. The zero-order valence-corrected chi connectivity index (χ0v) is 13.3. The van der Waals surface area contributed by atoms with Crippen LogP contribution in [0, 0.1) is 0 Å². The van der Waals surface area contributed by atoms with Crippen LogP contribution in [-0.2, 0) is 0 Å². The van der Waals surface area contributed by atoms with Crippen LogP contribution in [0.1, 0.15) is 43.4 Å². The molecule has 1 saturated heterocycles. The van der Waals surface area contributed by atoms with E-state index in [4.69, 9.17) is 12.2 Å². The van der Waals surface area contributed by atoms with Crippen molar-refractivity contribution in [3.63, 3.8) is 0 Å². The van der Waals surface area contributed by atoms with Crippen LogP contribution in [0.15, 0.2) is 42.7 Å². The van der Waals surface area contributed by atoms with Crippen molar-refractivity contribution in [1.29, 1.82) is 0 Å². The maximum atomic E-state index is 5.46. The Morgan fingerprint density at radius 1 is 1.24 bits per heavy atom. The summed E-state index contributed by atoms with van der Waals surface area (Å²) in [6.45, 7) is 4.39. The van der Waals surface area contributed by atoms with E-state index < -0.39 is 0 Å². The first kappa shape index (κ1) is 14.1. The van der Waals surface area contributed by atoms with Crippen molar-refractivity contribution in [2.45, 2.75) is 32.0 Å². The lowest BCUT2D eigenvalue weighted by atomic mass is 10.0. The van der Waals surface area contributed by atoms with Gasteiger partial charge < -0.3 is 14.8 Å². The Hall–Kier alpha value is -1.88. The van der Waals surface area contributed by atoms with E-state index >= 15 is 0 Å². The molecule has 0 aliphatic carbocycles. The van der Waals surface area contributed by atoms with Gasteiger partial charge in [-0.15, -0.1) is 0 Å². The second-order valence-corrected chi connectivity index (χ2v) is 6.06. The molecule has 3 rings (SSSR count). The number of aromatic nitrogens is 2. The molecule has 1 fully saturated rings. The summed E-state index contributed by atoms with van der Waals surface area (Å²) in [5.41, 5.74) is 2.28. The average Bonchev–Trinajstić information content (AvgIpc) is 3.06. The minimum atomic E-state index is 0.0797. The molecule has 3 heterocycles. The van der Waals surface area contributed by atoms with Gasteiger partial charge in [-0.25, -0.2) is 0 Å². The Kier molecular flexibility index (Phi) is 3.68. The van der Waals surface area contributed by atoms with Gasteiger partial charge in [0, 0.05) is 31.2 Å². The van der Waals surface area contributed by atoms with Crippen LogP contribution < -0.4 is 5.32 Å². The van der Waals surface area contributed by atoms with Gasteiger partial charge in [0.15, 0.2) is 5.11 Å². The fraction of sp³-hybridized carbons (Fsp3) is 0.375. The molecule has 110 valence electrons. The average molecular weight is 300 g/mol. The van der Waals surface area contributed by atoms with E-state index in [1.807, 2.05) is 25.4 Å². The minimum absolute atomic E-state index is 0.0797. The van der Waals surface area contributed by atoms with Gasteiger partial charge in [0.2, 0.25) is 0 Å². The van der Waals surface area contributed by atoms with Crippen molar-refractivity contribution in [3.05, 3.63) is 54.1 Å². The van der Waals surface area contributed by atoms with Crippen LogP contribution in [0.3, 0.4) is 0 Å². The number of hydrogen-bond acceptors (Lipinski definition) is 2. The molecule has 0 saturated carbocycles. The van der Waals surface area contributed by atoms with Crippen LogP contribution >= 0.6 is 12.2 Å². The van der Waals surface area contributed by atoms with Crippen molar-refractivity contribution in [2.24, 2.45) is 0 Å². The van der Waals surface area contributed by atoms with Crippen molar-refractivity contribution < 1.29 is 0 Å². The third-order valence-electron chi connectivity index (χ3n) is 4.01. The molecule has 4 nitrogen and oxygen atoms in total. The molecule has 1 N–H and O–H groups in total. The Balaban J connectivity index is 2.04. The van der Waals surface area contributed by atoms with E-state index in [0.717, 1.165) is 10.8 Å². The number of nitrogens with zero attached hydrogens (tertiary/aromatic N) is 3. The lowest BCUT2D eigenvalue weighted by Gasteiger charge is -2.27. The Labute approximate surface area is 130 Å². The molecule has 2 aromatic rings. The normalized spacial score (nSPS) is 21.9. The topological polar surface area (TPSA) is 33.1 Å². The summed E-state index contributed by atoms with van der Waals surface area (Å²) in [6, 6.07) is 10.9. The largest absolute Gasteiger partial charge is 0.352 e. The first-order valence-corrected chi connectivity index (χ1v) is 7.61. The molecule has 0 bridgehead atoms. The number of nitrogens with one attached hydrogen (secondary N) is 1. The molecule has 0 amide bonds. The highest BCUT2D eigenvalue weighted by Crippen LogP contribution is 2.38. The molecule has 2 aromatic heterocycles. The second-order valence-electron chi connectivity index (χ2n) is 5.67. The van der Waals surface area contributed by atoms with E-state index in [0.29, 0.717) is 6.04 Å². The highest BCUT2D eigenvalue weighted by molar-refractivity contribution is 7.80.